The molecular weight excluding hydrogens is 186 g/mol. The standard InChI is InChI=1S/C11H13NO.C2H4/c1-10(7-8-12-2)5-6-11-4-3-9-13-11;1-2/h3-9,12H,1H2,2H3;1-2H2/b6-5+,8-7-;. The van der Waals surface area contributed by atoms with Gasteiger partial charge in [-0.1, -0.05) is 12.7 Å². The Kier molecular flexibility index (Phi) is 7.50. The van der Waals surface area contributed by atoms with E-state index in [0.29, 0.717) is 0 Å². The Morgan fingerprint density at radius 3 is 2.67 bits per heavy atom. The summed E-state index contributed by atoms with van der Waals surface area (Å²) in [6, 6.07) is 3.75. The summed E-state index contributed by atoms with van der Waals surface area (Å²) in [4.78, 5) is 0. The molecule has 0 bridgehead atoms. The van der Waals surface area contributed by atoms with Gasteiger partial charge in [0.2, 0.25) is 0 Å². The normalized spacial score (nSPS) is 9.93. The van der Waals surface area contributed by atoms with E-state index in [0.717, 1.165) is 11.3 Å². The minimum Gasteiger partial charge on any atom is -0.465 e. The Hall–Kier alpha value is -1.96. The van der Waals surface area contributed by atoms with Gasteiger partial charge in [-0.15, -0.1) is 13.2 Å². The van der Waals surface area contributed by atoms with Crippen molar-refractivity contribution in [2.75, 3.05) is 7.05 Å². The Morgan fingerprint density at radius 1 is 1.40 bits per heavy atom. The molecule has 0 aliphatic rings. The second kappa shape index (κ2) is 8.63. The smallest absolute Gasteiger partial charge is 0.126 e. The van der Waals surface area contributed by atoms with E-state index in [1.807, 2.05) is 43.6 Å². The summed E-state index contributed by atoms with van der Waals surface area (Å²) in [5, 5.41) is 2.89. The molecule has 80 valence electrons. The Balaban J connectivity index is 0.000000921. The van der Waals surface area contributed by atoms with E-state index in [9.17, 15) is 0 Å². The highest BCUT2D eigenvalue weighted by Gasteiger charge is 1.86. The lowest BCUT2D eigenvalue weighted by molar-refractivity contribution is 0.557. The van der Waals surface area contributed by atoms with Crippen LogP contribution in [0, 0.1) is 0 Å². The molecule has 0 aromatic carbocycles. The molecule has 1 rings (SSSR count). The van der Waals surface area contributed by atoms with Gasteiger partial charge in [0.05, 0.1) is 6.26 Å². The first-order valence-electron chi connectivity index (χ1n) is 4.57. The minimum atomic E-state index is 0.832. The Bertz CT molecular complexity index is 320. The number of allylic oxidation sites excluding steroid dienone is 3. The molecule has 1 heterocycles. The van der Waals surface area contributed by atoms with Gasteiger partial charge in [0.25, 0.3) is 0 Å². The van der Waals surface area contributed by atoms with E-state index in [2.05, 4.69) is 25.1 Å². The molecule has 0 atom stereocenters. The largest absolute Gasteiger partial charge is 0.465 e. The SMILES string of the molecule is C=C.C=C(/C=C\NC)/C=C/c1ccco1. The first-order valence-corrected chi connectivity index (χ1v) is 4.57. The highest BCUT2D eigenvalue weighted by atomic mass is 16.3. The van der Waals surface area contributed by atoms with E-state index < -0.39 is 0 Å². The number of nitrogens with one attached hydrogen (secondary N) is 1. The molecule has 0 aliphatic heterocycles. The van der Waals surface area contributed by atoms with Crippen LogP contribution in [0.5, 0.6) is 0 Å². The molecule has 0 saturated carbocycles. The highest BCUT2D eigenvalue weighted by molar-refractivity contribution is 5.49. The molecule has 0 aliphatic carbocycles. The molecule has 0 amide bonds. The summed E-state index contributed by atoms with van der Waals surface area (Å²) < 4.78 is 5.12. The van der Waals surface area contributed by atoms with Crippen molar-refractivity contribution in [2.45, 2.75) is 0 Å². The summed E-state index contributed by atoms with van der Waals surface area (Å²) in [6.07, 6.45) is 9.13. The van der Waals surface area contributed by atoms with Crippen LogP contribution < -0.4 is 5.32 Å². The predicted molar refractivity (Wildman–Crippen MR) is 66.3 cm³/mol. The molecule has 2 nitrogen and oxygen atoms in total. The lowest BCUT2D eigenvalue weighted by atomic mass is 10.2. The van der Waals surface area contributed by atoms with Crippen LogP contribution in [-0.2, 0) is 0 Å². The molecule has 0 radical (unpaired) electrons. The van der Waals surface area contributed by atoms with Crippen LogP contribution in [0.3, 0.4) is 0 Å². The lowest BCUT2D eigenvalue weighted by Gasteiger charge is -1.89. The van der Waals surface area contributed by atoms with Gasteiger partial charge in [0, 0.05) is 7.05 Å². The molecule has 1 aromatic heterocycles. The van der Waals surface area contributed by atoms with E-state index >= 15 is 0 Å². The second-order valence-electron chi connectivity index (χ2n) is 2.55. The van der Waals surface area contributed by atoms with Crippen LogP contribution in [0.15, 0.2) is 66.5 Å². The fourth-order valence-electron chi connectivity index (χ4n) is 0.821. The van der Waals surface area contributed by atoms with E-state index in [-0.39, 0.29) is 0 Å². The fraction of sp³-hybridized carbons (Fsp3) is 0.0769. The zero-order valence-electron chi connectivity index (χ0n) is 9.07. The number of rotatable bonds is 4. The van der Waals surface area contributed by atoms with Crippen molar-refractivity contribution in [1.82, 2.24) is 5.32 Å². The summed E-state index contributed by atoms with van der Waals surface area (Å²) in [5.74, 6) is 0.832. The van der Waals surface area contributed by atoms with Gasteiger partial charge in [-0.05, 0) is 36.1 Å². The topological polar surface area (TPSA) is 25.2 Å². The van der Waals surface area contributed by atoms with Crippen LogP contribution in [0.1, 0.15) is 5.76 Å². The van der Waals surface area contributed by atoms with Crippen molar-refractivity contribution >= 4 is 6.08 Å². The van der Waals surface area contributed by atoms with E-state index in [1.165, 1.54) is 0 Å². The molecule has 1 aromatic rings. The van der Waals surface area contributed by atoms with Crippen molar-refractivity contribution in [1.29, 1.82) is 0 Å². The van der Waals surface area contributed by atoms with Crippen molar-refractivity contribution in [2.24, 2.45) is 0 Å². The van der Waals surface area contributed by atoms with Gasteiger partial charge in [-0.25, -0.2) is 0 Å². The first-order chi connectivity index (χ1) is 7.33. The third kappa shape index (κ3) is 6.16. The highest BCUT2D eigenvalue weighted by Crippen LogP contribution is 2.05. The number of hydrogen-bond acceptors (Lipinski definition) is 2. The molecular formula is C13H17NO. The summed E-state index contributed by atoms with van der Waals surface area (Å²) in [5.41, 5.74) is 0.922. The predicted octanol–water partition coefficient (Wildman–Crippen LogP) is 3.38. The zero-order chi connectivity index (χ0) is 11.5. The maximum absolute atomic E-state index is 5.12. The van der Waals surface area contributed by atoms with Crippen LogP contribution >= 0.6 is 0 Å². The Labute approximate surface area is 91.3 Å². The van der Waals surface area contributed by atoms with Crippen molar-refractivity contribution in [3.8, 4) is 0 Å². The quantitative estimate of drug-likeness (QED) is 0.599. The van der Waals surface area contributed by atoms with Crippen molar-refractivity contribution < 1.29 is 4.42 Å². The van der Waals surface area contributed by atoms with Gasteiger partial charge >= 0.3 is 0 Å². The van der Waals surface area contributed by atoms with Gasteiger partial charge in [-0.3, -0.25) is 0 Å². The van der Waals surface area contributed by atoms with Crippen LogP contribution in [-0.4, -0.2) is 7.05 Å². The van der Waals surface area contributed by atoms with E-state index in [4.69, 9.17) is 4.42 Å². The Morgan fingerprint density at radius 2 is 2.13 bits per heavy atom. The number of furan rings is 1. The number of hydrogen-bond donors (Lipinski definition) is 1. The minimum absolute atomic E-state index is 0.832. The second-order valence-corrected chi connectivity index (χ2v) is 2.55. The van der Waals surface area contributed by atoms with Crippen LogP contribution in [0.2, 0.25) is 0 Å². The molecule has 15 heavy (non-hydrogen) atoms. The maximum Gasteiger partial charge on any atom is 0.126 e. The monoisotopic (exact) mass is 203 g/mol. The van der Waals surface area contributed by atoms with Crippen LogP contribution in [0.25, 0.3) is 6.08 Å². The molecule has 0 unspecified atom stereocenters. The molecule has 0 saturated heterocycles. The van der Waals surface area contributed by atoms with Gasteiger partial charge in [-0.2, -0.15) is 0 Å². The fourth-order valence-corrected chi connectivity index (χ4v) is 0.821. The third-order valence-electron chi connectivity index (χ3n) is 1.47. The average molecular weight is 203 g/mol. The van der Waals surface area contributed by atoms with Crippen molar-refractivity contribution in [3.63, 3.8) is 0 Å². The van der Waals surface area contributed by atoms with Gasteiger partial charge in [0.15, 0.2) is 0 Å². The molecule has 0 spiro atoms. The lowest BCUT2D eigenvalue weighted by Crippen LogP contribution is -1.90. The zero-order valence-corrected chi connectivity index (χ0v) is 9.07. The first kappa shape index (κ1) is 13.0. The summed E-state index contributed by atoms with van der Waals surface area (Å²) >= 11 is 0. The van der Waals surface area contributed by atoms with Crippen LogP contribution in [0.4, 0.5) is 0 Å². The molecule has 0 fully saturated rings. The van der Waals surface area contributed by atoms with Gasteiger partial charge in [0.1, 0.15) is 5.76 Å². The average Bonchev–Trinajstić information content (AvgIpc) is 2.79. The maximum atomic E-state index is 5.12. The third-order valence-corrected chi connectivity index (χ3v) is 1.47. The van der Waals surface area contributed by atoms with E-state index in [1.54, 1.807) is 6.26 Å². The summed E-state index contributed by atoms with van der Waals surface area (Å²) in [7, 11) is 1.85. The molecule has 1 N–H and O–H groups in total. The molecule has 2 heteroatoms. The van der Waals surface area contributed by atoms with Gasteiger partial charge < -0.3 is 9.73 Å². The van der Waals surface area contributed by atoms with Crippen molar-refractivity contribution in [3.05, 3.63) is 67.8 Å². The summed E-state index contributed by atoms with van der Waals surface area (Å²) in [6.45, 7) is 9.84.